The average molecular weight is 350 g/mol. The number of carbonyl (C=O) groups excluding carboxylic acids is 1. The number of carbonyl (C=O) groups is 1. The molecule has 0 bridgehead atoms. The molecular weight excluding hydrogens is 334 g/mol. The molecule has 1 heterocycles. The Hall–Kier alpha value is -1.95. The molecule has 1 amide bonds. The lowest BCUT2D eigenvalue weighted by Gasteiger charge is -2.11. The van der Waals surface area contributed by atoms with Crippen LogP contribution in [0, 0.1) is 0 Å². The van der Waals surface area contributed by atoms with Crippen molar-refractivity contribution in [2.24, 2.45) is 0 Å². The van der Waals surface area contributed by atoms with Gasteiger partial charge in [0.2, 0.25) is 0 Å². The number of halogens is 1. The molecule has 5 nitrogen and oxygen atoms in total. The molecule has 0 unspecified atom stereocenters. The normalized spacial score (nSPS) is 14.0. The Morgan fingerprint density at radius 3 is 2.86 bits per heavy atom. The topological polar surface area (TPSA) is 69.3 Å². The van der Waals surface area contributed by atoms with Crippen LogP contribution < -0.4 is 15.8 Å². The molecule has 1 aliphatic carbocycles. The minimum atomic E-state index is -0.174. The van der Waals surface area contributed by atoms with Gasteiger partial charge in [0.15, 0.2) is 0 Å². The second-order valence-corrected chi connectivity index (χ2v) is 5.95. The highest BCUT2D eigenvalue weighted by Gasteiger charge is 2.27. The van der Waals surface area contributed by atoms with E-state index < -0.39 is 0 Å². The third-order valence-electron chi connectivity index (χ3n) is 3.46. The molecule has 1 aromatic carbocycles. The van der Waals surface area contributed by atoms with Crippen LogP contribution in [0.1, 0.15) is 29.4 Å². The Balaban J connectivity index is 1.86. The van der Waals surface area contributed by atoms with Crippen molar-refractivity contribution in [2.75, 3.05) is 18.2 Å². The van der Waals surface area contributed by atoms with Gasteiger partial charge < -0.3 is 20.4 Å². The summed E-state index contributed by atoms with van der Waals surface area (Å²) in [6.45, 7) is 0. The second-order valence-electron chi connectivity index (χ2n) is 5.10. The van der Waals surface area contributed by atoms with E-state index in [1.807, 2.05) is 22.9 Å². The van der Waals surface area contributed by atoms with Crippen LogP contribution in [-0.4, -0.2) is 17.6 Å². The number of benzene rings is 1. The number of aromatic nitrogens is 1. The van der Waals surface area contributed by atoms with Crippen LogP contribution in [-0.2, 0) is 0 Å². The van der Waals surface area contributed by atoms with E-state index in [4.69, 9.17) is 10.5 Å². The van der Waals surface area contributed by atoms with Gasteiger partial charge in [-0.2, -0.15) is 0 Å². The third kappa shape index (κ3) is 2.90. The molecule has 0 atom stereocenters. The lowest BCUT2D eigenvalue weighted by Crippen LogP contribution is -2.16. The number of hydrogen-bond donors (Lipinski definition) is 2. The SMILES string of the molecule is COc1ccc(Br)c(NC(=O)c2cc(N)cn2C2CC2)c1. The number of hydrogen-bond acceptors (Lipinski definition) is 3. The van der Waals surface area contributed by atoms with Crippen LogP contribution >= 0.6 is 15.9 Å². The standard InChI is InChI=1S/C15H16BrN3O2/c1-21-11-4-5-12(16)13(7-11)18-15(20)14-6-9(17)8-19(14)10-2-3-10/h4-8,10H,2-3,17H2,1H3,(H,18,20). The number of anilines is 2. The van der Waals surface area contributed by atoms with Gasteiger partial charge in [0.05, 0.1) is 18.5 Å². The fourth-order valence-electron chi connectivity index (χ4n) is 2.25. The van der Waals surface area contributed by atoms with Gasteiger partial charge in [0.25, 0.3) is 5.91 Å². The molecule has 1 aliphatic rings. The smallest absolute Gasteiger partial charge is 0.272 e. The molecule has 0 aliphatic heterocycles. The Kier molecular flexibility index (Phi) is 3.63. The van der Waals surface area contributed by atoms with Crippen molar-refractivity contribution in [1.82, 2.24) is 4.57 Å². The molecule has 1 aromatic heterocycles. The molecule has 6 heteroatoms. The first kappa shape index (κ1) is 14.0. The number of methoxy groups -OCH3 is 1. The van der Waals surface area contributed by atoms with Gasteiger partial charge in [-0.05, 0) is 47.0 Å². The van der Waals surface area contributed by atoms with Crippen molar-refractivity contribution in [3.05, 3.63) is 40.6 Å². The first-order valence-electron chi connectivity index (χ1n) is 6.70. The molecule has 2 aromatic rings. The van der Waals surface area contributed by atoms with E-state index in [2.05, 4.69) is 21.2 Å². The maximum Gasteiger partial charge on any atom is 0.272 e. The molecular formula is C15H16BrN3O2. The number of nitrogens with two attached hydrogens (primary N) is 1. The summed E-state index contributed by atoms with van der Waals surface area (Å²) in [6.07, 6.45) is 4.02. The second kappa shape index (κ2) is 5.44. The highest BCUT2D eigenvalue weighted by molar-refractivity contribution is 9.10. The summed E-state index contributed by atoms with van der Waals surface area (Å²) in [7, 11) is 1.59. The summed E-state index contributed by atoms with van der Waals surface area (Å²) in [5.74, 6) is 0.512. The van der Waals surface area contributed by atoms with Crippen LogP contribution in [0.15, 0.2) is 34.9 Å². The van der Waals surface area contributed by atoms with Crippen molar-refractivity contribution in [1.29, 1.82) is 0 Å². The number of amides is 1. The van der Waals surface area contributed by atoms with Gasteiger partial charge in [-0.1, -0.05) is 0 Å². The summed E-state index contributed by atoms with van der Waals surface area (Å²) >= 11 is 3.42. The number of rotatable bonds is 4. The van der Waals surface area contributed by atoms with E-state index in [1.165, 1.54) is 0 Å². The quantitative estimate of drug-likeness (QED) is 0.888. The molecule has 21 heavy (non-hydrogen) atoms. The van der Waals surface area contributed by atoms with Crippen molar-refractivity contribution < 1.29 is 9.53 Å². The summed E-state index contributed by atoms with van der Waals surface area (Å²) in [5, 5.41) is 2.90. The lowest BCUT2D eigenvalue weighted by atomic mass is 10.3. The summed E-state index contributed by atoms with van der Waals surface area (Å²) in [4.78, 5) is 12.5. The van der Waals surface area contributed by atoms with Gasteiger partial charge in [0, 0.05) is 22.8 Å². The monoisotopic (exact) mass is 349 g/mol. The van der Waals surface area contributed by atoms with E-state index in [0.717, 1.165) is 17.3 Å². The highest BCUT2D eigenvalue weighted by Crippen LogP contribution is 2.37. The van der Waals surface area contributed by atoms with E-state index >= 15 is 0 Å². The average Bonchev–Trinajstić information content (AvgIpc) is 3.23. The Labute approximate surface area is 131 Å². The molecule has 0 spiro atoms. The molecule has 110 valence electrons. The van der Waals surface area contributed by atoms with Crippen LogP contribution in [0.3, 0.4) is 0 Å². The van der Waals surface area contributed by atoms with Crippen molar-refractivity contribution in [3.8, 4) is 5.75 Å². The molecule has 0 radical (unpaired) electrons. The largest absolute Gasteiger partial charge is 0.497 e. The van der Waals surface area contributed by atoms with Crippen LogP contribution in [0.5, 0.6) is 5.75 Å². The van der Waals surface area contributed by atoms with Crippen molar-refractivity contribution in [2.45, 2.75) is 18.9 Å². The third-order valence-corrected chi connectivity index (χ3v) is 4.16. The Morgan fingerprint density at radius 2 is 2.19 bits per heavy atom. The Bertz CT molecular complexity index is 692. The van der Waals surface area contributed by atoms with E-state index in [0.29, 0.717) is 28.9 Å². The number of nitrogens with zero attached hydrogens (tertiary/aromatic N) is 1. The predicted octanol–water partition coefficient (Wildman–Crippen LogP) is 3.43. The van der Waals surface area contributed by atoms with Gasteiger partial charge >= 0.3 is 0 Å². The predicted molar refractivity (Wildman–Crippen MR) is 85.8 cm³/mol. The maximum absolute atomic E-state index is 12.5. The fourth-order valence-corrected chi connectivity index (χ4v) is 2.60. The lowest BCUT2D eigenvalue weighted by molar-refractivity contribution is 0.101. The van der Waals surface area contributed by atoms with E-state index in [-0.39, 0.29) is 5.91 Å². The number of nitrogen functional groups attached to an aromatic ring is 1. The first-order chi connectivity index (χ1) is 10.1. The molecule has 3 N–H and O–H groups in total. The first-order valence-corrected chi connectivity index (χ1v) is 7.50. The molecule has 3 rings (SSSR count). The highest BCUT2D eigenvalue weighted by atomic mass is 79.9. The van der Waals surface area contributed by atoms with E-state index in [9.17, 15) is 4.79 Å². The van der Waals surface area contributed by atoms with Gasteiger partial charge in [-0.25, -0.2) is 0 Å². The van der Waals surface area contributed by atoms with E-state index in [1.54, 1.807) is 19.2 Å². The van der Waals surface area contributed by atoms with Gasteiger partial charge in [0.1, 0.15) is 11.4 Å². The number of ether oxygens (including phenoxy) is 1. The molecule has 1 saturated carbocycles. The van der Waals surface area contributed by atoms with Crippen LogP contribution in [0.2, 0.25) is 0 Å². The van der Waals surface area contributed by atoms with Crippen LogP contribution in [0.25, 0.3) is 0 Å². The minimum Gasteiger partial charge on any atom is -0.497 e. The molecule has 0 saturated heterocycles. The Morgan fingerprint density at radius 1 is 1.43 bits per heavy atom. The zero-order valence-electron chi connectivity index (χ0n) is 11.6. The summed E-state index contributed by atoms with van der Waals surface area (Å²) in [6, 6.07) is 7.54. The van der Waals surface area contributed by atoms with Gasteiger partial charge in [-0.3, -0.25) is 4.79 Å². The van der Waals surface area contributed by atoms with Crippen molar-refractivity contribution in [3.63, 3.8) is 0 Å². The minimum absolute atomic E-state index is 0.174. The summed E-state index contributed by atoms with van der Waals surface area (Å²) in [5.41, 5.74) is 7.69. The van der Waals surface area contributed by atoms with Crippen LogP contribution in [0.4, 0.5) is 11.4 Å². The summed E-state index contributed by atoms with van der Waals surface area (Å²) < 4.78 is 7.93. The van der Waals surface area contributed by atoms with Gasteiger partial charge in [-0.15, -0.1) is 0 Å². The molecule has 1 fully saturated rings. The zero-order valence-corrected chi connectivity index (χ0v) is 13.2. The zero-order chi connectivity index (χ0) is 15.0. The maximum atomic E-state index is 12.5. The van der Waals surface area contributed by atoms with Crippen molar-refractivity contribution >= 4 is 33.2 Å². The number of nitrogens with one attached hydrogen (secondary N) is 1. The fraction of sp³-hybridized carbons (Fsp3) is 0.267.